The first-order valence-electron chi connectivity index (χ1n) is 11.6. The first-order chi connectivity index (χ1) is 17.2. The fraction of sp³-hybridized carbons (Fsp3) is 0.250. The number of hydrogen-bond donors (Lipinski definition) is 2. The summed E-state index contributed by atoms with van der Waals surface area (Å²) in [6.45, 7) is 6.37. The van der Waals surface area contributed by atoms with Gasteiger partial charge in [-0.25, -0.2) is 0 Å². The molecule has 0 spiro atoms. The quantitative estimate of drug-likeness (QED) is 0.258. The minimum absolute atomic E-state index is 0.0897. The Morgan fingerprint density at radius 3 is 2.39 bits per heavy atom. The number of aliphatic carboxylic acids is 1. The van der Waals surface area contributed by atoms with Crippen LogP contribution in [0.4, 0.5) is 5.69 Å². The monoisotopic (exact) mass is 489 g/mol. The third kappa shape index (κ3) is 4.62. The minimum Gasteiger partial charge on any atom is -0.507 e. The number of ketones is 1. The van der Waals surface area contributed by atoms with Crippen LogP contribution in [0, 0.1) is 0 Å². The molecule has 8 nitrogen and oxygen atoms in total. The van der Waals surface area contributed by atoms with Gasteiger partial charge in [0.2, 0.25) is 0 Å². The SMILES string of the molecule is CCOc1ccc(/C(O)=C2/C(=O)C(=O)N(c3ccc(CC(=O)O)cc3)C2c2ccco2)cc1C(C)C. The predicted octanol–water partition coefficient (Wildman–Crippen LogP) is 5.06. The van der Waals surface area contributed by atoms with E-state index >= 15 is 0 Å². The Bertz CT molecular complexity index is 1320. The number of carboxylic acids is 1. The van der Waals surface area contributed by atoms with Crippen LogP contribution in [0.15, 0.2) is 70.9 Å². The van der Waals surface area contributed by atoms with Crippen molar-refractivity contribution >= 4 is 29.1 Å². The summed E-state index contributed by atoms with van der Waals surface area (Å²) in [5, 5.41) is 20.4. The maximum atomic E-state index is 13.3. The fourth-order valence-corrected chi connectivity index (χ4v) is 4.35. The molecule has 1 aromatic heterocycles. The van der Waals surface area contributed by atoms with E-state index in [0.717, 1.165) is 5.56 Å². The Morgan fingerprint density at radius 1 is 1.08 bits per heavy atom. The Balaban J connectivity index is 1.84. The van der Waals surface area contributed by atoms with Crippen LogP contribution in [-0.4, -0.2) is 34.5 Å². The Morgan fingerprint density at radius 2 is 1.81 bits per heavy atom. The summed E-state index contributed by atoms with van der Waals surface area (Å²) >= 11 is 0. The number of anilines is 1. The van der Waals surface area contributed by atoms with Gasteiger partial charge in [-0.05, 0) is 66.4 Å². The summed E-state index contributed by atoms with van der Waals surface area (Å²) in [5.74, 6) is -1.87. The number of hydrogen-bond acceptors (Lipinski definition) is 6. The molecule has 0 aliphatic carbocycles. The number of benzene rings is 2. The van der Waals surface area contributed by atoms with Gasteiger partial charge < -0.3 is 19.4 Å². The number of carbonyl (C=O) groups is 3. The molecule has 1 unspecified atom stereocenters. The molecule has 1 atom stereocenters. The fourth-order valence-electron chi connectivity index (χ4n) is 4.35. The summed E-state index contributed by atoms with van der Waals surface area (Å²) < 4.78 is 11.3. The van der Waals surface area contributed by atoms with Crippen molar-refractivity contribution in [3.63, 3.8) is 0 Å². The highest BCUT2D eigenvalue weighted by molar-refractivity contribution is 6.51. The van der Waals surface area contributed by atoms with Crippen molar-refractivity contribution in [2.75, 3.05) is 11.5 Å². The van der Waals surface area contributed by atoms with Gasteiger partial charge >= 0.3 is 5.97 Å². The molecule has 36 heavy (non-hydrogen) atoms. The molecule has 0 radical (unpaired) electrons. The lowest BCUT2D eigenvalue weighted by Crippen LogP contribution is -2.29. The highest BCUT2D eigenvalue weighted by atomic mass is 16.5. The van der Waals surface area contributed by atoms with Crippen LogP contribution in [-0.2, 0) is 20.8 Å². The van der Waals surface area contributed by atoms with E-state index in [1.165, 1.54) is 11.2 Å². The average molecular weight is 490 g/mol. The molecule has 1 aliphatic rings. The first kappa shape index (κ1) is 24.8. The second-order valence-corrected chi connectivity index (χ2v) is 8.76. The molecule has 2 N–H and O–H groups in total. The number of carboxylic acid groups (broad SMARTS) is 1. The van der Waals surface area contributed by atoms with Crippen molar-refractivity contribution in [2.45, 2.75) is 39.2 Å². The molecule has 186 valence electrons. The maximum absolute atomic E-state index is 13.3. The molecule has 0 saturated carbocycles. The van der Waals surface area contributed by atoms with Crippen LogP contribution in [0.1, 0.15) is 55.2 Å². The summed E-state index contributed by atoms with van der Waals surface area (Å²) in [4.78, 5) is 38.8. The molecule has 1 fully saturated rings. The van der Waals surface area contributed by atoms with Crippen molar-refractivity contribution < 1.29 is 33.8 Å². The van der Waals surface area contributed by atoms with Crippen molar-refractivity contribution in [1.82, 2.24) is 0 Å². The second-order valence-electron chi connectivity index (χ2n) is 8.76. The standard InChI is InChI=1S/C28H27NO7/c1-4-35-21-12-9-18(15-20(21)16(2)3)26(32)24-25(22-6-5-13-36-22)29(28(34)27(24)33)19-10-7-17(8-11-19)14-23(30)31/h5-13,15-16,25,32H,4,14H2,1-3H3,(H,30,31)/b26-24-. The van der Waals surface area contributed by atoms with E-state index in [1.807, 2.05) is 20.8 Å². The topological polar surface area (TPSA) is 117 Å². The molecular weight excluding hydrogens is 462 g/mol. The summed E-state index contributed by atoms with van der Waals surface area (Å²) in [6.07, 6.45) is 1.26. The molecule has 8 heteroatoms. The number of Topliss-reactive ketones (excluding diaryl/α,β-unsaturated/α-hetero) is 1. The largest absolute Gasteiger partial charge is 0.507 e. The molecule has 3 aromatic rings. The molecule has 1 amide bonds. The molecule has 2 heterocycles. The second kappa shape index (κ2) is 10.1. The zero-order valence-corrected chi connectivity index (χ0v) is 20.2. The summed E-state index contributed by atoms with van der Waals surface area (Å²) in [5.41, 5.74) is 2.07. The van der Waals surface area contributed by atoms with Gasteiger partial charge in [0, 0.05) is 11.3 Å². The Labute approximate surface area is 208 Å². The highest BCUT2D eigenvalue weighted by Gasteiger charge is 2.48. The van der Waals surface area contributed by atoms with Gasteiger partial charge in [0.1, 0.15) is 23.3 Å². The molecule has 0 bridgehead atoms. The van der Waals surface area contributed by atoms with Gasteiger partial charge in [-0.15, -0.1) is 0 Å². The van der Waals surface area contributed by atoms with Crippen LogP contribution in [0.5, 0.6) is 5.75 Å². The molecule has 2 aromatic carbocycles. The molecular formula is C28H27NO7. The van der Waals surface area contributed by atoms with E-state index in [4.69, 9.17) is 14.3 Å². The lowest BCUT2D eigenvalue weighted by molar-refractivity contribution is -0.136. The zero-order valence-electron chi connectivity index (χ0n) is 20.2. The minimum atomic E-state index is -1.00. The third-order valence-corrected chi connectivity index (χ3v) is 6.03. The van der Waals surface area contributed by atoms with Crippen LogP contribution in [0.25, 0.3) is 5.76 Å². The van der Waals surface area contributed by atoms with E-state index in [9.17, 15) is 19.5 Å². The maximum Gasteiger partial charge on any atom is 0.307 e. The Kier molecular flexibility index (Phi) is 6.96. The number of aliphatic hydroxyl groups excluding tert-OH is 1. The molecule has 1 saturated heterocycles. The van der Waals surface area contributed by atoms with Gasteiger partial charge in [-0.1, -0.05) is 26.0 Å². The highest BCUT2D eigenvalue weighted by Crippen LogP contribution is 2.43. The number of rotatable bonds is 8. The van der Waals surface area contributed by atoms with Gasteiger partial charge in [-0.3, -0.25) is 19.3 Å². The number of aliphatic hydroxyl groups is 1. The summed E-state index contributed by atoms with van der Waals surface area (Å²) in [7, 11) is 0. The van der Waals surface area contributed by atoms with Crippen LogP contribution < -0.4 is 9.64 Å². The van der Waals surface area contributed by atoms with Crippen molar-refractivity contribution in [2.24, 2.45) is 0 Å². The smallest absolute Gasteiger partial charge is 0.307 e. The van der Waals surface area contributed by atoms with Gasteiger partial charge in [0.05, 0.1) is 24.9 Å². The van der Waals surface area contributed by atoms with E-state index in [0.29, 0.717) is 34.9 Å². The van der Waals surface area contributed by atoms with Crippen molar-refractivity contribution in [3.8, 4) is 5.75 Å². The number of carbonyl (C=O) groups excluding carboxylic acids is 2. The Hall–Kier alpha value is -4.33. The van der Waals surface area contributed by atoms with Crippen molar-refractivity contribution in [1.29, 1.82) is 0 Å². The lowest BCUT2D eigenvalue weighted by atomic mass is 9.95. The van der Waals surface area contributed by atoms with Gasteiger partial charge in [-0.2, -0.15) is 0 Å². The number of ether oxygens (including phenoxy) is 1. The van der Waals surface area contributed by atoms with Crippen molar-refractivity contribution in [3.05, 3.63) is 88.9 Å². The van der Waals surface area contributed by atoms with E-state index < -0.39 is 23.7 Å². The normalized spacial score (nSPS) is 17.1. The summed E-state index contributed by atoms with van der Waals surface area (Å²) in [6, 6.07) is 13.8. The van der Waals surface area contributed by atoms with Crippen LogP contribution >= 0.6 is 0 Å². The third-order valence-electron chi connectivity index (χ3n) is 6.03. The number of furan rings is 1. The number of amides is 1. The van der Waals surface area contributed by atoms with E-state index in [1.54, 1.807) is 54.6 Å². The predicted molar refractivity (Wildman–Crippen MR) is 133 cm³/mol. The van der Waals surface area contributed by atoms with Crippen LogP contribution in [0.2, 0.25) is 0 Å². The van der Waals surface area contributed by atoms with E-state index in [2.05, 4.69) is 0 Å². The lowest BCUT2D eigenvalue weighted by Gasteiger charge is -2.23. The number of nitrogens with zero attached hydrogens (tertiary/aromatic N) is 1. The zero-order chi connectivity index (χ0) is 26.0. The van der Waals surface area contributed by atoms with Gasteiger partial charge in [0.15, 0.2) is 0 Å². The average Bonchev–Trinajstić information content (AvgIpc) is 3.46. The first-order valence-corrected chi connectivity index (χ1v) is 11.6. The van der Waals surface area contributed by atoms with Crippen LogP contribution in [0.3, 0.4) is 0 Å². The van der Waals surface area contributed by atoms with Gasteiger partial charge in [0.25, 0.3) is 11.7 Å². The van der Waals surface area contributed by atoms with E-state index in [-0.39, 0.29) is 23.7 Å². The molecule has 4 rings (SSSR count). The molecule has 1 aliphatic heterocycles.